The Bertz CT molecular complexity index is 878. The minimum Gasteiger partial charge on any atom is -0.423 e. The number of amides is 1. The van der Waals surface area contributed by atoms with Crippen molar-refractivity contribution in [3.8, 4) is 0 Å². The summed E-state index contributed by atoms with van der Waals surface area (Å²) in [6.07, 6.45) is 2.27. The zero-order chi connectivity index (χ0) is 18.8. The SMILES string of the molecule is Cc1ccc2c(CN3CCN(CC(=O)N4CCCC4)CC3)cc(=O)oc2c1. The van der Waals surface area contributed by atoms with E-state index in [1.807, 2.05) is 30.0 Å². The van der Waals surface area contributed by atoms with Crippen molar-refractivity contribution in [3.05, 3.63) is 45.8 Å². The molecule has 1 aromatic heterocycles. The van der Waals surface area contributed by atoms with Gasteiger partial charge in [-0.2, -0.15) is 0 Å². The molecule has 4 rings (SSSR count). The fraction of sp³-hybridized carbons (Fsp3) is 0.524. The molecule has 6 heteroatoms. The van der Waals surface area contributed by atoms with E-state index in [4.69, 9.17) is 4.42 Å². The largest absolute Gasteiger partial charge is 0.423 e. The van der Waals surface area contributed by atoms with Gasteiger partial charge in [-0.05, 0) is 37.0 Å². The molecule has 144 valence electrons. The molecule has 0 N–H and O–H groups in total. The minimum absolute atomic E-state index is 0.267. The van der Waals surface area contributed by atoms with E-state index in [0.717, 1.165) is 75.2 Å². The van der Waals surface area contributed by atoms with Gasteiger partial charge < -0.3 is 9.32 Å². The summed E-state index contributed by atoms with van der Waals surface area (Å²) in [5, 5.41) is 1.01. The third kappa shape index (κ3) is 4.22. The fourth-order valence-corrected chi connectivity index (χ4v) is 4.07. The van der Waals surface area contributed by atoms with Crippen LogP contribution < -0.4 is 5.63 Å². The number of carbonyl (C=O) groups is 1. The van der Waals surface area contributed by atoms with Crippen molar-refractivity contribution in [2.75, 3.05) is 45.8 Å². The number of carbonyl (C=O) groups excluding carboxylic acids is 1. The van der Waals surface area contributed by atoms with E-state index in [9.17, 15) is 9.59 Å². The molecule has 1 amide bonds. The first kappa shape index (κ1) is 18.2. The van der Waals surface area contributed by atoms with E-state index in [-0.39, 0.29) is 11.5 Å². The minimum atomic E-state index is -0.294. The van der Waals surface area contributed by atoms with E-state index in [0.29, 0.717) is 12.1 Å². The van der Waals surface area contributed by atoms with Gasteiger partial charge in [-0.25, -0.2) is 4.79 Å². The number of benzene rings is 1. The quantitative estimate of drug-likeness (QED) is 0.770. The number of likely N-dealkylation sites (tertiary alicyclic amines) is 1. The molecule has 0 aliphatic carbocycles. The van der Waals surface area contributed by atoms with Gasteiger partial charge in [0, 0.05) is 57.3 Å². The first-order valence-corrected chi connectivity index (χ1v) is 9.84. The maximum absolute atomic E-state index is 12.3. The molecule has 2 fully saturated rings. The first-order valence-electron chi connectivity index (χ1n) is 9.84. The summed E-state index contributed by atoms with van der Waals surface area (Å²) < 4.78 is 5.36. The maximum atomic E-state index is 12.3. The highest BCUT2D eigenvalue weighted by Crippen LogP contribution is 2.20. The molecule has 1 aromatic carbocycles. The lowest BCUT2D eigenvalue weighted by molar-refractivity contribution is -0.131. The summed E-state index contributed by atoms with van der Waals surface area (Å²) in [5.74, 6) is 0.267. The third-order valence-electron chi connectivity index (χ3n) is 5.66. The summed E-state index contributed by atoms with van der Waals surface area (Å²) in [7, 11) is 0. The van der Waals surface area contributed by atoms with Gasteiger partial charge >= 0.3 is 5.63 Å². The fourth-order valence-electron chi connectivity index (χ4n) is 4.07. The van der Waals surface area contributed by atoms with Crippen LogP contribution in [0.25, 0.3) is 11.0 Å². The molecule has 0 atom stereocenters. The Morgan fingerprint density at radius 1 is 1.00 bits per heavy atom. The predicted octanol–water partition coefficient (Wildman–Crippen LogP) is 1.84. The molecule has 2 saturated heterocycles. The monoisotopic (exact) mass is 369 g/mol. The highest BCUT2D eigenvalue weighted by molar-refractivity contribution is 5.80. The number of aryl methyl sites for hydroxylation is 1. The number of hydrogen-bond donors (Lipinski definition) is 0. The van der Waals surface area contributed by atoms with Crippen molar-refractivity contribution in [1.82, 2.24) is 14.7 Å². The van der Waals surface area contributed by atoms with Crippen molar-refractivity contribution in [2.45, 2.75) is 26.3 Å². The zero-order valence-corrected chi connectivity index (χ0v) is 15.9. The second-order valence-electron chi connectivity index (χ2n) is 7.73. The molecule has 2 aromatic rings. The van der Waals surface area contributed by atoms with Crippen molar-refractivity contribution in [2.24, 2.45) is 0 Å². The molecule has 0 spiro atoms. The van der Waals surface area contributed by atoms with Gasteiger partial charge in [0.05, 0.1) is 6.54 Å². The summed E-state index contributed by atoms with van der Waals surface area (Å²) in [6.45, 7) is 8.68. The van der Waals surface area contributed by atoms with E-state index in [1.165, 1.54) is 0 Å². The van der Waals surface area contributed by atoms with Crippen LogP contribution in [0.1, 0.15) is 24.0 Å². The Balaban J connectivity index is 1.37. The number of fused-ring (bicyclic) bond motifs is 1. The lowest BCUT2D eigenvalue weighted by Crippen LogP contribution is -2.49. The summed E-state index contributed by atoms with van der Waals surface area (Å²) in [5.41, 5.74) is 2.47. The van der Waals surface area contributed by atoms with Gasteiger partial charge in [0.1, 0.15) is 5.58 Å². The van der Waals surface area contributed by atoms with E-state index < -0.39 is 0 Å². The summed E-state index contributed by atoms with van der Waals surface area (Å²) >= 11 is 0. The van der Waals surface area contributed by atoms with Crippen LogP contribution in [0.3, 0.4) is 0 Å². The molecule has 0 radical (unpaired) electrons. The number of piperazine rings is 1. The molecule has 3 heterocycles. The van der Waals surface area contributed by atoms with Crippen LogP contribution in [0.5, 0.6) is 0 Å². The number of hydrogen-bond acceptors (Lipinski definition) is 5. The second kappa shape index (κ2) is 7.82. The van der Waals surface area contributed by atoms with Crippen LogP contribution in [0.4, 0.5) is 0 Å². The molecule has 0 saturated carbocycles. The number of nitrogens with zero attached hydrogens (tertiary/aromatic N) is 3. The molecule has 2 aliphatic heterocycles. The zero-order valence-electron chi connectivity index (χ0n) is 15.9. The van der Waals surface area contributed by atoms with Crippen molar-refractivity contribution >= 4 is 16.9 Å². The van der Waals surface area contributed by atoms with Crippen LogP contribution in [0.15, 0.2) is 33.5 Å². The predicted molar refractivity (Wildman–Crippen MR) is 105 cm³/mol. The van der Waals surface area contributed by atoms with Gasteiger partial charge in [-0.3, -0.25) is 14.6 Å². The van der Waals surface area contributed by atoms with Crippen LogP contribution in [0, 0.1) is 6.92 Å². The summed E-state index contributed by atoms with van der Waals surface area (Å²) in [4.78, 5) is 30.8. The Hall–Kier alpha value is -2.18. The maximum Gasteiger partial charge on any atom is 0.336 e. The van der Waals surface area contributed by atoms with Gasteiger partial charge in [0.15, 0.2) is 0 Å². The van der Waals surface area contributed by atoms with E-state index in [2.05, 4.69) is 9.80 Å². The third-order valence-corrected chi connectivity index (χ3v) is 5.66. The lowest BCUT2D eigenvalue weighted by Gasteiger charge is -2.35. The van der Waals surface area contributed by atoms with Crippen molar-refractivity contribution < 1.29 is 9.21 Å². The Labute approximate surface area is 159 Å². The molecule has 0 unspecified atom stereocenters. The Kier molecular flexibility index (Phi) is 5.27. The van der Waals surface area contributed by atoms with Crippen LogP contribution in [-0.4, -0.2) is 66.4 Å². The smallest absolute Gasteiger partial charge is 0.336 e. The Morgan fingerprint density at radius 3 is 2.44 bits per heavy atom. The first-order chi connectivity index (χ1) is 13.1. The van der Waals surface area contributed by atoms with Gasteiger partial charge in [-0.1, -0.05) is 12.1 Å². The highest BCUT2D eigenvalue weighted by Gasteiger charge is 2.23. The van der Waals surface area contributed by atoms with Crippen molar-refractivity contribution in [3.63, 3.8) is 0 Å². The standard InChI is InChI=1S/C21H27N3O3/c1-16-4-5-18-17(13-21(26)27-19(18)12-16)14-22-8-10-23(11-9-22)15-20(25)24-6-2-3-7-24/h4-5,12-13H,2-3,6-11,14-15H2,1H3. The van der Waals surface area contributed by atoms with Crippen LogP contribution >= 0.6 is 0 Å². The van der Waals surface area contributed by atoms with Gasteiger partial charge in [0.2, 0.25) is 5.91 Å². The molecular formula is C21H27N3O3. The summed E-state index contributed by atoms with van der Waals surface area (Å²) in [6, 6.07) is 7.62. The molecular weight excluding hydrogens is 342 g/mol. The van der Waals surface area contributed by atoms with Crippen molar-refractivity contribution in [1.29, 1.82) is 0 Å². The Morgan fingerprint density at radius 2 is 1.70 bits per heavy atom. The normalized spacial score (nSPS) is 19.1. The molecule has 2 aliphatic rings. The topological polar surface area (TPSA) is 57.0 Å². The second-order valence-corrected chi connectivity index (χ2v) is 7.73. The van der Waals surface area contributed by atoms with E-state index in [1.54, 1.807) is 6.07 Å². The number of rotatable bonds is 4. The average molecular weight is 369 g/mol. The average Bonchev–Trinajstić information content (AvgIpc) is 3.17. The van der Waals surface area contributed by atoms with E-state index >= 15 is 0 Å². The highest BCUT2D eigenvalue weighted by atomic mass is 16.4. The van der Waals surface area contributed by atoms with Crippen LogP contribution in [0.2, 0.25) is 0 Å². The lowest BCUT2D eigenvalue weighted by atomic mass is 10.1. The van der Waals surface area contributed by atoms with Gasteiger partial charge in [-0.15, -0.1) is 0 Å². The van der Waals surface area contributed by atoms with Gasteiger partial charge in [0.25, 0.3) is 0 Å². The molecule has 0 bridgehead atoms. The van der Waals surface area contributed by atoms with Crippen LogP contribution in [-0.2, 0) is 11.3 Å². The molecule has 6 nitrogen and oxygen atoms in total. The molecule has 27 heavy (non-hydrogen) atoms.